The molecule has 102 valence electrons. The number of benzene rings is 2. The lowest BCUT2D eigenvalue weighted by molar-refractivity contribution is 0.407. The predicted molar refractivity (Wildman–Crippen MR) is 79.9 cm³/mol. The zero-order chi connectivity index (χ0) is 13.8. The average molecular weight is 258 g/mol. The Bertz CT molecular complexity index is 573. The molecule has 0 aliphatic heterocycles. The minimum Gasteiger partial charge on any atom is -0.504 e. The summed E-state index contributed by atoms with van der Waals surface area (Å²) in [6, 6.07) is 7.65. The lowest BCUT2D eigenvalue weighted by atomic mass is 9.93. The van der Waals surface area contributed by atoms with Gasteiger partial charge < -0.3 is 10.2 Å². The maximum absolute atomic E-state index is 10.0. The van der Waals surface area contributed by atoms with Gasteiger partial charge in [-0.05, 0) is 41.8 Å². The second-order valence-corrected chi connectivity index (χ2v) is 5.05. The van der Waals surface area contributed by atoms with E-state index in [9.17, 15) is 10.2 Å². The molecule has 0 saturated heterocycles. The first-order valence-electron chi connectivity index (χ1n) is 7.14. The number of hydrogen-bond acceptors (Lipinski definition) is 2. The van der Waals surface area contributed by atoms with Crippen molar-refractivity contribution in [1.29, 1.82) is 0 Å². The fraction of sp³-hybridized carbons (Fsp3) is 0.412. The van der Waals surface area contributed by atoms with Crippen molar-refractivity contribution in [2.24, 2.45) is 0 Å². The number of unbranched alkanes of at least 4 members (excludes halogenated alkanes) is 2. The summed E-state index contributed by atoms with van der Waals surface area (Å²) in [5.74, 6) is -0.00297. The number of aromatic hydroxyl groups is 2. The van der Waals surface area contributed by atoms with Crippen molar-refractivity contribution in [3.8, 4) is 11.5 Å². The first-order chi connectivity index (χ1) is 9.19. The second kappa shape index (κ2) is 5.96. The van der Waals surface area contributed by atoms with Crippen LogP contribution in [0.1, 0.15) is 44.2 Å². The van der Waals surface area contributed by atoms with Gasteiger partial charge in [-0.3, -0.25) is 0 Å². The van der Waals surface area contributed by atoms with E-state index in [4.69, 9.17) is 0 Å². The minimum absolute atomic E-state index is 0.00421. The van der Waals surface area contributed by atoms with Crippen molar-refractivity contribution >= 4 is 10.8 Å². The van der Waals surface area contributed by atoms with E-state index in [0.29, 0.717) is 0 Å². The molecule has 0 heterocycles. The van der Waals surface area contributed by atoms with Gasteiger partial charge in [-0.2, -0.15) is 0 Å². The third-order valence-electron chi connectivity index (χ3n) is 3.71. The van der Waals surface area contributed by atoms with E-state index >= 15 is 0 Å². The number of aryl methyl sites for hydroxylation is 2. The van der Waals surface area contributed by atoms with Crippen LogP contribution in [0.3, 0.4) is 0 Å². The molecule has 2 heteroatoms. The molecule has 0 fully saturated rings. The number of fused-ring (bicyclic) bond motifs is 1. The molecule has 2 aromatic rings. The van der Waals surface area contributed by atoms with Crippen LogP contribution in [0.25, 0.3) is 10.8 Å². The average Bonchev–Trinajstić information content (AvgIpc) is 2.43. The van der Waals surface area contributed by atoms with Crippen LogP contribution in [-0.4, -0.2) is 10.2 Å². The number of hydrogen-bond donors (Lipinski definition) is 2. The minimum atomic E-state index is -0.00717. The van der Waals surface area contributed by atoms with Crippen molar-refractivity contribution in [3.63, 3.8) is 0 Å². The Labute approximate surface area is 114 Å². The van der Waals surface area contributed by atoms with E-state index in [1.54, 1.807) is 6.07 Å². The molecule has 0 bridgehead atoms. The number of rotatable bonds is 5. The molecule has 0 amide bonds. The molecule has 2 aromatic carbocycles. The normalized spacial score (nSPS) is 11.1. The Morgan fingerprint density at radius 2 is 1.79 bits per heavy atom. The third-order valence-corrected chi connectivity index (χ3v) is 3.71. The summed E-state index contributed by atoms with van der Waals surface area (Å²) in [5, 5.41) is 21.8. The largest absolute Gasteiger partial charge is 0.504 e. The highest BCUT2D eigenvalue weighted by molar-refractivity contribution is 5.95. The molecule has 0 spiro atoms. The highest BCUT2D eigenvalue weighted by atomic mass is 16.3. The van der Waals surface area contributed by atoms with Gasteiger partial charge in [0, 0.05) is 5.39 Å². The molecule has 0 saturated carbocycles. The summed E-state index contributed by atoms with van der Waals surface area (Å²) in [5.41, 5.74) is 2.38. The van der Waals surface area contributed by atoms with Gasteiger partial charge in [0.15, 0.2) is 11.5 Å². The van der Waals surface area contributed by atoms with Crippen LogP contribution in [-0.2, 0) is 12.8 Å². The highest BCUT2D eigenvalue weighted by Crippen LogP contribution is 2.38. The molecule has 0 aromatic heterocycles. The molecule has 0 aliphatic rings. The van der Waals surface area contributed by atoms with Gasteiger partial charge in [0.1, 0.15) is 0 Å². The van der Waals surface area contributed by atoms with E-state index in [1.165, 1.54) is 18.4 Å². The maximum atomic E-state index is 10.0. The summed E-state index contributed by atoms with van der Waals surface area (Å²) in [7, 11) is 0. The van der Waals surface area contributed by atoms with Crippen LogP contribution < -0.4 is 0 Å². The van der Waals surface area contributed by atoms with Crippen molar-refractivity contribution < 1.29 is 10.2 Å². The lowest BCUT2D eigenvalue weighted by Gasteiger charge is -2.13. The van der Waals surface area contributed by atoms with E-state index in [-0.39, 0.29) is 11.5 Å². The summed E-state index contributed by atoms with van der Waals surface area (Å²) >= 11 is 0. The quantitative estimate of drug-likeness (QED) is 0.610. The van der Waals surface area contributed by atoms with Crippen molar-refractivity contribution in [1.82, 2.24) is 0 Å². The zero-order valence-electron chi connectivity index (χ0n) is 11.7. The molecule has 2 nitrogen and oxygen atoms in total. The molecule has 2 N–H and O–H groups in total. The van der Waals surface area contributed by atoms with Crippen molar-refractivity contribution in [2.75, 3.05) is 0 Å². The molecule has 0 atom stereocenters. The van der Waals surface area contributed by atoms with Crippen LogP contribution in [0.2, 0.25) is 0 Å². The van der Waals surface area contributed by atoms with Crippen molar-refractivity contribution in [2.45, 2.75) is 46.0 Å². The second-order valence-electron chi connectivity index (χ2n) is 5.05. The Hall–Kier alpha value is -1.70. The van der Waals surface area contributed by atoms with Crippen LogP contribution in [0.4, 0.5) is 0 Å². The van der Waals surface area contributed by atoms with Gasteiger partial charge in [0.2, 0.25) is 0 Å². The van der Waals surface area contributed by atoms with Gasteiger partial charge in [-0.25, -0.2) is 0 Å². The molecule has 0 aliphatic carbocycles. The van der Waals surface area contributed by atoms with Crippen LogP contribution >= 0.6 is 0 Å². The summed E-state index contributed by atoms with van der Waals surface area (Å²) in [6.07, 6.45) is 5.38. The van der Waals surface area contributed by atoms with Crippen molar-refractivity contribution in [3.05, 3.63) is 35.4 Å². The van der Waals surface area contributed by atoms with Gasteiger partial charge in [0.25, 0.3) is 0 Å². The van der Waals surface area contributed by atoms with Gasteiger partial charge in [-0.1, -0.05) is 44.9 Å². The van der Waals surface area contributed by atoms with Crippen LogP contribution in [0, 0.1) is 0 Å². The van der Waals surface area contributed by atoms with Gasteiger partial charge >= 0.3 is 0 Å². The maximum Gasteiger partial charge on any atom is 0.165 e. The first kappa shape index (κ1) is 13.7. The molecular formula is C17H22O2. The first-order valence-corrected chi connectivity index (χ1v) is 7.14. The van der Waals surface area contributed by atoms with E-state index < -0.39 is 0 Å². The van der Waals surface area contributed by atoms with Gasteiger partial charge in [0.05, 0.1) is 0 Å². The molecule has 19 heavy (non-hydrogen) atoms. The topological polar surface area (TPSA) is 40.5 Å². The van der Waals surface area contributed by atoms with E-state index in [2.05, 4.69) is 19.9 Å². The molecule has 0 unspecified atom stereocenters. The Balaban J connectivity index is 2.57. The Morgan fingerprint density at radius 1 is 1.00 bits per heavy atom. The van der Waals surface area contributed by atoms with E-state index in [0.717, 1.165) is 35.6 Å². The molecule has 2 rings (SSSR count). The molecule has 0 radical (unpaired) electrons. The Morgan fingerprint density at radius 3 is 2.47 bits per heavy atom. The van der Waals surface area contributed by atoms with Crippen LogP contribution in [0.15, 0.2) is 24.3 Å². The summed E-state index contributed by atoms with van der Waals surface area (Å²) in [6.45, 7) is 4.30. The monoisotopic (exact) mass is 258 g/mol. The fourth-order valence-electron chi connectivity index (χ4n) is 2.68. The number of phenolic OH excluding ortho intramolecular Hbond substituents is 2. The molecular weight excluding hydrogens is 236 g/mol. The van der Waals surface area contributed by atoms with Crippen LogP contribution in [0.5, 0.6) is 11.5 Å². The third kappa shape index (κ3) is 2.67. The summed E-state index contributed by atoms with van der Waals surface area (Å²) in [4.78, 5) is 0. The van der Waals surface area contributed by atoms with E-state index in [1.807, 2.05) is 12.1 Å². The van der Waals surface area contributed by atoms with Gasteiger partial charge in [-0.15, -0.1) is 0 Å². The smallest absolute Gasteiger partial charge is 0.165 e. The fourth-order valence-corrected chi connectivity index (χ4v) is 2.68. The zero-order valence-corrected chi connectivity index (χ0v) is 11.7. The highest BCUT2D eigenvalue weighted by Gasteiger charge is 2.12. The lowest BCUT2D eigenvalue weighted by Crippen LogP contribution is -1.93. The SMILES string of the molecule is CCCCCc1cc(O)c(O)c2cccc(CC)c12. The predicted octanol–water partition coefficient (Wildman–Crippen LogP) is 4.55. The summed E-state index contributed by atoms with van der Waals surface area (Å²) < 4.78 is 0. The standard InChI is InChI=1S/C17H22O2/c1-3-5-6-8-13-11-15(18)17(19)14-10-7-9-12(4-2)16(13)14/h7,9-11,18-19H,3-6,8H2,1-2H3. The Kier molecular flexibility index (Phi) is 4.31. The number of phenols is 2.